The molecule has 0 bridgehead atoms. The Morgan fingerprint density at radius 1 is 1.53 bits per heavy atom. The summed E-state index contributed by atoms with van der Waals surface area (Å²) in [4.78, 5) is 11.5. The van der Waals surface area contributed by atoms with E-state index in [1.807, 2.05) is 37.6 Å². The summed E-state index contributed by atoms with van der Waals surface area (Å²) in [6.07, 6.45) is -0.552. The van der Waals surface area contributed by atoms with Gasteiger partial charge in [-0.15, -0.1) is 0 Å². The van der Waals surface area contributed by atoms with Gasteiger partial charge in [0.05, 0.1) is 12.6 Å². The van der Waals surface area contributed by atoms with Gasteiger partial charge < -0.3 is 15.7 Å². The first-order valence-corrected chi connectivity index (χ1v) is 6.54. The highest BCUT2D eigenvalue weighted by Crippen LogP contribution is 2.14. The fourth-order valence-electron chi connectivity index (χ4n) is 1.37. The summed E-state index contributed by atoms with van der Waals surface area (Å²) < 4.78 is 0. The Balaban J connectivity index is 2.22. The van der Waals surface area contributed by atoms with Crippen LogP contribution in [0.3, 0.4) is 0 Å². The lowest BCUT2D eigenvalue weighted by atomic mass is 10.1. The molecule has 0 saturated heterocycles. The molecular weight excluding hydrogens is 236 g/mol. The van der Waals surface area contributed by atoms with E-state index in [-0.39, 0.29) is 18.0 Å². The van der Waals surface area contributed by atoms with Gasteiger partial charge in [0.25, 0.3) is 0 Å². The quantitative estimate of drug-likeness (QED) is 0.744. The third kappa shape index (κ3) is 5.81. The highest BCUT2D eigenvalue weighted by Gasteiger charge is 2.14. The summed E-state index contributed by atoms with van der Waals surface area (Å²) in [5.41, 5.74) is 0.670. The third-order valence-electron chi connectivity index (χ3n) is 2.07. The number of carbonyl (C=O) groups excluding carboxylic acids is 1. The van der Waals surface area contributed by atoms with Crippen LogP contribution in [0, 0.1) is 0 Å². The second kappa shape index (κ2) is 6.14. The molecule has 0 saturated carbocycles. The zero-order valence-electron chi connectivity index (χ0n) is 10.5. The van der Waals surface area contributed by atoms with Crippen molar-refractivity contribution in [2.75, 3.05) is 13.1 Å². The second-order valence-corrected chi connectivity index (χ2v) is 5.78. The van der Waals surface area contributed by atoms with Crippen LogP contribution in [0.4, 0.5) is 0 Å². The number of aliphatic hydroxyl groups excluding tert-OH is 1. The molecule has 0 aromatic carbocycles. The van der Waals surface area contributed by atoms with E-state index in [0.717, 1.165) is 5.56 Å². The fourth-order valence-corrected chi connectivity index (χ4v) is 2.07. The molecule has 0 aliphatic carbocycles. The van der Waals surface area contributed by atoms with E-state index in [0.29, 0.717) is 6.54 Å². The Morgan fingerprint density at radius 2 is 2.24 bits per heavy atom. The predicted octanol–water partition coefficient (Wildman–Crippen LogP) is 1.29. The molecule has 4 nitrogen and oxygen atoms in total. The van der Waals surface area contributed by atoms with Crippen molar-refractivity contribution >= 4 is 17.2 Å². The lowest BCUT2D eigenvalue weighted by molar-refractivity contribution is -0.121. The largest absolute Gasteiger partial charge is 0.387 e. The van der Waals surface area contributed by atoms with Crippen molar-refractivity contribution in [2.24, 2.45) is 0 Å². The van der Waals surface area contributed by atoms with E-state index in [1.54, 1.807) is 11.3 Å². The summed E-state index contributed by atoms with van der Waals surface area (Å²) >= 11 is 1.55. The molecule has 5 heteroatoms. The number of hydrogen-bond acceptors (Lipinski definition) is 4. The number of thiophene rings is 1. The van der Waals surface area contributed by atoms with Crippen molar-refractivity contribution in [2.45, 2.75) is 32.4 Å². The molecule has 17 heavy (non-hydrogen) atoms. The predicted molar refractivity (Wildman–Crippen MR) is 70.0 cm³/mol. The number of rotatable bonds is 5. The standard InChI is InChI=1S/C12H20N2O2S/c1-12(2,3)14-11(16)7-13-6-10(15)9-4-5-17-8-9/h4-5,8,10,13,15H,6-7H2,1-3H3,(H,14,16). The van der Waals surface area contributed by atoms with Gasteiger partial charge in [-0.25, -0.2) is 0 Å². The van der Waals surface area contributed by atoms with Crippen LogP contribution in [0.1, 0.15) is 32.4 Å². The minimum atomic E-state index is -0.552. The van der Waals surface area contributed by atoms with Crippen LogP contribution in [-0.4, -0.2) is 29.6 Å². The van der Waals surface area contributed by atoms with Gasteiger partial charge in [-0.1, -0.05) is 0 Å². The van der Waals surface area contributed by atoms with Crippen molar-refractivity contribution in [1.29, 1.82) is 0 Å². The summed E-state index contributed by atoms with van der Waals surface area (Å²) in [6.45, 7) is 6.41. The van der Waals surface area contributed by atoms with E-state index in [2.05, 4.69) is 10.6 Å². The van der Waals surface area contributed by atoms with E-state index in [9.17, 15) is 9.90 Å². The van der Waals surface area contributed by atoms with E-state index in [1.165, 1.54) is 0 Å². The number of nitrogens with one attached hydrogen (secondary N) is 2. The average Bonchev–Trinajstić information content (AvgIpc) is 2.66. The molecule has 1 atom stereocenters. The van der Waals surface area contributed by atoms with Gasteiger partial charge in [-0.05, 0) is 43.2 Å². The van der Waals surface area contributed by atoms with Crippen LogP contribution in [0.25, 0.3) is 0 Å². The Kier molecular flexibility index (Phi) is 5.11. The summed E-state index contributed by atoms with van der Waals surface area (Å²) in [7, 11) is 0. The maximum Gasteiger partial charge on any atom is 0.234 e. The molecule has 0 aliphatic rings. The van der Waals surface area contributed by atoms with E-state index in [4.69, 9.17) is 0 Å². The monoisotopic (exact) mass is 256 g/mol. The first-order chi connectivity index (χ1) is 7.88. The molecular formula is C12H20N2O2S. The van der Waals surface area contributed by atoms with Gasteiger partial charge in [-0.2, -0.15) is 11.3 Å². The summed E-state index contributed by atoms with van der Waals surface area (Å²) in [6, 6.07) is 1.88. The maximum absolute atomic E-state index is 11.5. The first-order valence-electron chi connectivity index (χ1n) is 5.60. The molecule has 96 valence electrons. The zero-order chi connectivity index (χ0) is 12.9. The number of amides is 1. The SMILES string of the molecule is CC(C)(C)NC(=O)CNCC(O)c1ccsc1. The molecule has 0 radical (unpaired) electrons. The third-order valence-corrected chi connectivity index (χ3v) is 2.77. The van der Waals surface area contributed by atoms with Crippen LogP contribution in [0.5, 0.6) is 0 Å². The molecule has 1 aromatic heterocycles. The molecule has 1 heterocycles. The van der Waals surface area contributed by atoms with Crippen LogP contribution in [-0.2, 0) is 4.79 Å². The Hall–Kier alpha value is -0.910. The number of carbonyl (C=O) groups is 1. The van der Waals surface area contributed by atoms with Crippen molar-refractivity contribution in [3.8, 4) is 0 Å². The molecule has 3 N–H and O–H groups in total. The van der Waals surface area contributed by atoms with E-state index >= 15 is 0 Å². The number of hydrogen-bond donors (Lipinski definition) is 3. The van der Waals surface area contributed by atoms with Crippen molar-refractivity contribution in [3.05, 3.63) is 22.4 Å². The Labute approximate surface area is 106 Å². The molecule has 1 rings (SSSR count). The smallest absolute Gasteiger partial charge is 0.234 e. The Bertz CT molecular complexity index is 344. The Morgan fingerprint density at radius 3 is 2.76 bits per heavy atom. The molecule has 1 unspecified atom stereocenters. The van der Waals surface area contributed by atoms with Gasteiger partial charge >= 0.3 is 0 Å². The minimum Gasteiger partial charge on any atom is -0.387 e. The molecule has 0 aliphatic heterocycles. The summed E-state index contributed by atoms with van der Waals surface area (Å²) in [5.74, 6) is -0.0602. The molecule has 0 fully saturated rings. The topological polar surface area (TPSA) is 61.4 Å². The van der Waals surface area contributed by atoms with Gasteiger partial charge in [0, 0.05) is 12.1 Å². The lowest BCUT2D eigenvalue weighted by Gasteiger charge is -2.20. The van der Waals surface area contributed by atoms with Gasteiger partial charge in [0.15, 0.2) is 0 Å². The van der Waals surface area contributed by atoms with E-state index < -0.39 is 6.10 Å². The van der Waals surface area contributed by atoms with Crippen molar-refractivity contribution in [3.63, 3.8) is 0 Å². The normalized spacial score (nSPS) is 13.4. The minimum absolute atomic E-state index is 0.0602. The van der Waals surface area contributed by atoms with Crippen molar-refractivity contribution in [1.82, 2.24) is 10.6 Å². The first kappa shape index (κ1) is 14.2. The zero-order valence-corrected chi connectivity index (χ0v) is 11.3. The molecule has 1 aromatic rings. The highest BCUT2D eigenvalue weighted by molar-refractivity contribution is 7.07. The average molecular weight is 256 g/mol. The highest BCUT2D eigenvalue weighted by atomic mass is 32.1. The maximum atomic E-state index is 11.5. The van der Waals surface area contributed by atoms with Crippen LogP contribution in [0.2, 0.25) is 0 Å². The molecule has 1 amide bonds. The van der Waals surface area contributed by atoms with Crippen LogP contribution >= 0.6 is 11.3 Å². The second-order valence-electron chi connectivity index (χ2n) is 5.00. The van der Waals surface area contributed by atoms with Crippen molar-refractivity contribution < 1.29 is 9.90 Å². The lowest BCUT2D eigenvalue weighted by Crippen LogP contribution is -2.45. The number of aliphatic hydroxyl groups is 1. The van der Waals surface area contributed by atoms with Gasteiger partial charge in [0.1, 0.15) is 0 Å². The summed E-state index contributed by atoms with van der Waals surface area (Å²) in [5, 5.41) is 19.4. The molecule has 0 spiro atoms. The van der Waals surface area contributed by atoms with Gasteiger partial charge in [-0.3, -0.25) is 4.79 Å². The van der Waals surface area contributed by atoms with Gasteiger partial charge in [0.2, 0.25) is 5.91 Å². The van der Waals surface area contributed by atoms with Crippen LogP contribution < -0.4 is 10.6 Å². The van der Waals surface area contributed by atoms with Crippen LogP contribution in [0.15, 0.2) is 16.8 Å². The fraction of sp³-hybridized carbons (Fsp3) is 0.583.